The van der Waals surface area contributed by atoms with Crippen LogP contribution >= 0.6 is 0 Å². The smallest absolute Gasteiger partial charge is 0.241 e. The molecule has 0 saturated carbocycles. The third kappa shape index (κ3) is 5.18. The van der Waals surface area contributed by atoms with Gasteiger partial charge in [0, 0.05) is 25.7 Å². The van der Waals surface area contributed by atoms with E-state index in [1.54, 1.807) is 19.4 Å². The molecule has 2 amide bonds. The summed E-state index contributed by atoms with van der Waals surface area (Å²) >= 11 is 0. The highest BCUT2D eigenvalue weighted by atomic mass is 16.2. The number of nitrogens with zero attached hydrogens (tertiary/aromatic N) is 2. The molecule has 7 heteroatoms. The van der Waals surface area contributed by atoms with Crippen molar-refractivity contribution in [1.82, 2.24) is 20.4 Å². The van der Waals surface area contributed by atoms with Crippen molar-refractivity contribution in [3.05, 3.63) is 12.4 Å². The molecule has 1 aliphatic rings. The van der Waals surface area contributed by atoms with Gasteiger partial charge in [-0.3, -0.25) is 14.3 Å². The van der Waals surface area contributed by atoms with Crippen molar-refractivity contribution in [1.29, 1.82) is 0 Å². The van der Waals surface area contributed by atoms with Crippen LogP contribution in [0.1, 0.15) is 32.1 Å². The third-order valence-corrected chi connectivity index (χ3v) is 3.63. The maximum Gasteiger partial charge on any atom is 0.241 e. The maximum absolute atomic E-state index is 11.9. The van der Waals surface area contributed by atoms with Gasteiger partial charge in [0.15, 0.2) is 0 Å². The van der Waals surface area contributed by atoms with Crippen LogP contribution in [0.15, 0.2) is 12.4 Å². The SMILES string of the molecule is CNC(=O)Cn1cc(NC(=O)CCC2CCCCN2)cn1. The van der Waals surface area contributed by atoms with Crippen LogP contribution in [0.5, 0.6) is 0 Å². The monoisotopic (exact) mass is 293 g/mol. The normalized spacial score (nSPS) is 18.2. The number of rotatable bonds is 6. The molecule has 0 spiro atoms. The second-order valence-electron chi connectivity index (χ2n) is 5.33. The number of hydrogen-bond donors (Lipinski definition) is 3. The molecule has 1 atom stereocenters. The van der Waals surface area contributed by atoms with Gasteiger partial charge in [0.1, 0.15) is 6.54 Å². The van der Waals surface area contributed by atoms with Crippen molar-refractivity contribution in [3.8, 4) is 0 Å². The Hall–Kier alpha value is -1.89. The zero-order chi connectivity index (χ0) is 15.1. The van der Waals surface area contributed by atoms with E-state index in [1.807, 2.05) is 0 Å². The molecule has 1 aliphatic heterocycles. The van der Waals surface area contributed by atoms with Crippen molar-refractivity contribution >= 4 is 17.5 Å². The molecule has 116 valence electrons. The lowest BCUT2D eigenvalue weighted by Crippen LogP contribution is -2.34. The van der Waals surface area contributed by atoms with Gasteiger partial charge in [0.2, 0.25) is 11.8 Å². The average molecular weight is 293 g/mol. The second kappa shape index (κ2) is 7.78. The minimum Gasteiger partial charge on any atom is -0.358 e. The first-order chi connectivity index (χ1) is 10.2. The van der Waals surface area contributed by atoms with Gasteiger partial charge in [0.05, 0.1) is 11.9 Å². The molecular weight excluding hydrogens is 270 g/mol. The van der Waals surface area contributed by atoms with E-state index >= 15 is 0 Å². The summed E-state index contributed by atoms with van der Waals surface area (Å²) in [6.07, 6.45) is 8.19. The van der Waals surface area contributed by atoms with Crippen LogP contribution in [0.4, 0.5) is 5.69 Å². The van der Waals surface area contributed by atoms with E-state index in [1.165, 1.54) is 17.5 Å². The van der Waals surface area contributed by atoms with Crippen molar-refractivity contribution < 1.29 is 9.59 Å². The Morgan fingerprint density at radius 2 is 2.29 bits per heavy atom. The van der Waals surface area contributed by atoms with Crippen molar-refractivity contribution in [2.45, 2.75) is 44.7 Å². The number of amides is 2. The fourth-order valence-electron chi connectivity index (χ4n) is 2.44. The summed E-state index contributed by atoms with van der Waals surface area (Å²) in [6, 6.07) is 0.459. The predicted octanol–water partition coefficient (Wildman–Crippen LogP) is 0.490. The second-order valence-corrected chi connectivity index (χ2v) is 5.33. The van der Waals surface area contributed by atoms with Gasteiger partial charge >= 0.3 is 0 Å². The lowest BCUT2D eigenvalue weighted by molar-refractivity contribution is -0.121. The fourth-order valence-corrected chi connectivity index (χ4v) is 2.44. The molecule has 1 aromatic heterocycles. The van der Waals surface area contributed by atoms with Gasteiger partial charge in [-0.15, -0.1) is 0 Å². The third-order valence-electron chi connectivity index (χ3n) is 3.63. The number of nitrogens with one attached hydrogen (secondary N) is 3. The van der Waals surface area contributed by atoms with Crippen molar-refractivity contribution in [2.24, 2.45) is 0 Å². The van der Waals surface area contributed by atoms with Crippen LogP contribution in [0.2, 0.25) is 0 Å². The molecule has 0 bridgehead atoms. The highest BCUT2D eigenvalue weighted by Gasteiger charge is 2.14. The summed E-state index contributed by atoms with van der Waals surface area (Å²) in [4.78, 5) is 23.1. The van der Waals surface area contributed by atoms with Crippen LogP contribution < -0.4 is 16.0 Å². The van der Waals surface area contributed by atoms with Crippen LogP contribution in [-0.2, 0) is 16.1 Å². The Balaban J connectivity index is 1.73. The van der Waals surface area contributed by atoms with Crippen LogP contribution in [0, 0.1) is 0 Å². The van der Waals surface area contributed by atoms with Crippen molar-refractivity contribution in [2.75, 3.05) is 18.9 Å². The number of anilines is 1. The first-order valence-electron chi connectivity index (χ1n) is 7.43. The summed E-state index contributed by atoms with van der Waals surface area (Å²) in [6.45, 7) is 1.21. The van der Waals surface area contributed by atoms with Gasteiger partial charge < -0.3 is 16.0 Å². The molecule has 0 aromatic carbocycles. The Labute approximate surface area is 124 Å². The quantitative estimate of drug-likeness (QED) is 0.712. The minimum atomic E-state index is -0.126. The Bertz CT molecular complexity index is 479. The van der Waals surface area contributed by atoms with Crippen LogP contribution in [0.25, 0.3) is 0 Å². The molecule has 21 heavy (non-hydrogen) atoms. The summed E-state index contributed by atoms with van der Waals surface area (Å²) in [5.41, 5.74) is 0.625. The van der Waals surface area contributed by atoms with E-state index < -0.39 is 0 Å². The summed E-state index contributed by atoms with van der Waals surface area (Å²) in [5.74, 6) is -0.138. The molecule has 2 heterocycles. The highest BCUT2D eigenvalue weighted by molar-refractivity contribution is 5.90. The summed E-state index contributed by atoms with van der Waals surface area (Å²) < 4.78 is 1.50. The standard InChI is InChI=1S/C14H23N5O2/c1-15-14(21)10-19-9-12(8-17-19)18-13(20)6-5-11-4-2-3-7-16-11/h8-9,11,16H,2-7,10H2,1H3,(H,15,21)(H,18,20). The van der Waals surface area contributed by atoms with Gasteiger partial charge in [-0.05, 0) is 25.8 Å². The largest absolute Gasteiger partial charge is 0.358 e. The number of piperidine rings is 1. The lowest BCUT2D eigenvalue weighted by Gasteiger charge is -2.22. The molecule has 1 saturated heterocycles. The maximum atomic E-state index is 11.9. The Morgan fingerprint density at radius 3 is 3.00 bits per heavy atom. The Morgan fingerprint density at radius 1 is 1.43 bits per heavy atom. The summed E-state index contributed by atoms with van der Waals surface area (Å²) in [5, 5.41) is 12.8. The first-order valence-corrected chi connectivity index (χ1v) is 7.43. The van der Waals surface area contributed by atoms with E-state index in [9.17, 15) is 9.59 Å². The zero-order valence-electron chi connectivity index (χ0n) is 12.4. The van der Waals surface area contributed by atoms with E-state index in [-0.39, 0.29) is 18.4 Å². The Kier molecular flexibility index (Phi) is 5.74. The van der Waals surface area contributed by atoms with Crippen LogP contribution in [-0.4, -0.2) is 41.2 Å². The molecular formula is C14H23N5O2. The number of carbonyl (C=O) groups is 2. The molecule has 1 unspecified atom stereocenters. The molecule has 3 N–H and O–H groups in total. The van der Waals surface area contributed by atoms with E-state index in [2.05, 4.69) is 21.0 Å². The molecule has 0 radical (unpaired) electrons. The minimum absolute atomic E-state index is 0.0122. The number of aromatic nitrogens is 2. The van der Waals surface area contributed by atoms with Gasteiger partial charge in [-0.2, -0.15) is 5.10 Å². The molecule has 7 nitrogen and oxygen atoms in total. The van der Waals surface area contributed by atoms with E-state index in [0.717, 1.165) is 19.4 Å². The fraction of sp³-hybridized carbons (Fsp3) is 0.643. The average Bonchev–Trinajstić information content (AvgIpc) is 2.93. The van der Waals surface area contributed by atoms with Crippen molar-refractivity contribution in [3.63, 3.8) is 0 Å². The summed E-state index contributed by atoms with van der Waals surface area (Å²) in [7, 11) is 1.58. The highest BCUT2D eigenvalue weighted by Crippen LogP contribution is 2.13. The molecule has 1 fully saturated rings. The molecule has 1 aromatic rings. The van der Waals surface area contributed by atoms with Gasteiger partial charge in [-0.1, -0.05) is 6.42 Å². The van der Waals surface area contributed by atoms with E-state index in [0.29, 0.717) is 18.2 Å². The van der Waals surface area contributed by atoms with Gasteiger partial charge in [0.25, 0.3) is 0 Å². The zero-order valence-corrected chi connectivity index (χ0v) is 12.4. The van der Waals surface area contributed by atoms with Gasteiger partial charge in [-0.25, -0.2) is 0 Å². The number of likely N-dealkylation sites (N-methyl/N-ethyl adjacent to an activating group) is 1. The topological polar surface area (TPSA) is 88.0 Å². The van der Waals surface area contributed by atoms with Crippen LogP contribution in [0.3, 0.4) is 0 Å². The number of hydrogen-bond acceptors (Lipinski definition) is 4. The van der Waals surface area contributed by atoms with E-state index in [4.69, 9.17) is 0 Å². The lowest BCUT2D eigenvalue weighted by atomic mass is 10.0. The first kappa shape index (κ1) is 15.5. The molecule has 2 rings (SSSR count). The molecule has 0 aliphatic carbocycles. The number of carbonyl (C=O) groups excluding carboxylic acids is 2. The predicted molar refractivity (Wildman–Crippen MR) is 79.8 cm³/mol.